The smallest absolute Gasteiger partial charge is 0.439 e. The first kappa shape index (κ1) is 27.6. The van der Waals surface area contributed by atoms with E-state index >= 15 is 0 Å². The average molecular weight is 596 g/mol. The average Bonchev–Trinajstić information content (AvgIpc) is 3.63. The van der Waals surface area contributed by atoms with Crippen molar-refractivity contribution in [3.05, 3.63) is 101 Å². The summed E-state index contributed by atoms with van der Waals surface area (Å²) in [7, 11) is -4.21. The number of nitrogens with zero attached hydrogens (tertiary/aromatic N) is 2. The lowest BCUT2D eigenvalue weighted by atomic mass is 9.80. The molecule has 0 atom stereocenters. The summed E-state index contributed by atoms with van der Waals surface area (Å²) < 4.78 is 79.8. The Hall–Kier alpha value is -4.58. The van der Waals surface area contributed by atoms with E-state index in [4.69, 9.17) is 4.42 Å². The molecular weight excluding hydrogens is 571 g/mol. The summed E-state index contributed by atoms with van der Waals surface area (Å²) in [6.07, 6.45) is -1.05. The molecule has 0 bridgehead atoms. The maximum absolute atomic E-state index is 14.4. The van der Waals surface area contributed by atoms with Crippen LogP contribution >= 0.6 is 0 Å². The fourth-order valence-corrected chi connectivity index (χ4v) is 7.10. The maximum Gasteiger partial charge on any atom is 0.439 e. The zero-order valence-corrected chi connectivity index (χ0v) is 23.2. The molecule has 1 aliphatic heterocycles. The van der Waals surface area contributed by atoms with E-state index in [2.05, 4.69) is 14.7 Å². The van der Waals surface area contributed by atoms with E-state index in [9.17, 15) is 26.4 Å². The lowest BCUT2D eigenvalue weighted by Gasteiger charge is -2.41. The number of rotatable bonds is 5. The number of aromatic nitrogens is 2. The number of hydrogen-bond donors (Lipinski definition) is 1. The van der Waals surface area contributed by atoms with Gasteiger partial charge in [-0.05, 0) is 64.9 Å². The third-order valence-corrected chi connectivity index (χ3v) is 8.98. The number of sulfonamides is 1. The molecule has 3 aromatic carbocycles. The van der Waals surface area contributed by atoms with Crippen molar-refractivity contribution >= 4 is 15.7 Å². The van der Waals surface area contributed by atoms with Crippen molar-refractivity contribution in [1.29, 1.82) is 0 Å². The summed E-state index contributed by atoms with van der Waals surface area (Å²) >= 11 is 0. The van der Waals surface area contributed by atoms with E-state index in [1.807, 2.05) is 19.9 Å². The van der Waals surface area contributed by atoms with Gasteiger partial charge in [0.1, 0.15) is 0 Å². The number of fused-ring (bicyclic) bond motifs is 1. The van der Waals surface area contributed by atoms with Gasteiger partial charge in [-0.2, -0.15) is 13.2 Å². The number of H-pyrrole nitrogens is 1. The fourth-order valence-electron chi connectivity index (χ4n) is 5.36. The van der Waals surface area contributed by atoms with E-state index in [1.165, 1.54) is 47.2 Å². The number of benzene rings is 3. The van der Waals surface area contributed by atoms with Crippen LogP contribution in [0.4, 0.5) is 18.9 Å². The van der Waals surface area contributed by atoms with Crippen LogP contribution in [0.5, 0.6) is 0 Å². The molecule has 0 fully saturated rings. The van der Waals surface area contributed by atoms with Gasteiger partial charge in [-0.25, -0.2) is 13.2 Å². The molecule has 8 nitrogen and oxygen atoms in total. The van der Waals surface area contributed by atoms with Crippen LogP contribution in [-0.2, 0) is 22.6 Å². The Morgan fingerprint density at radius 3 is 2.36 bits per heavy atom. The minimum absolute atomic E-state index is 0.0286. The maximum atomic E-state index is 14.4. The summed E-state index contributed by atoms with van der Waals surface area (Å²) in [5.41, 5.74) is 2.33. The van der Waals surface area contributed by atoms with Crippen LogP contribution in [0.2, 0.25) is 0 Å². The summed E-state index contributed by atoms with van der Waals surface area (Å²) in [4.78, 5) is 14.1. The Morgan fingerprint density at radius 1 is 0.952 bits per heavy atom. The molecule has 6 rings (SSSR count). The molecule has 0 amide bonds. The van der Waals surface area contributed by atoms with Crippen LogP contribution in [0, 0.1) is 5.41 Å². The van der Waals surface area contributed by atoms with Crippen LogP contribution in [0.3, 0.4) is 0 Å². The van der Waals surface area contributed by atoms with Gasteiger partial charge in [0.15, 0.2) is 5.82 Å². The topological polar surface area (TPSA) is 109 Å². The predicted molar refractivity (Wildman–Crippen MR) is 149 cm³/mol. The van der Waals surface area contributed by atoms with Crippen LogP contribution in [0.25, 0.3) is 33.6 Å². The summed E-state index contributed by atoms with van der Waals surface area (Å²) in [5.74, 6) is -0.642. The lowest BCUT2D eigenvalue weighted by Crippen LogP contribution is -2.44. The highest BCUT2D eigenvalue weighted by atomic mass is 32.2. The minimum Gasteiger partial charge on any atom is -0.472 e. The van der Waals surface area contributed by atoms with E-state index in [1.54, 1.807) is 18.2 Å². The third kappa shape index (κ3) is 4.91. The Kier molecular flexibility index (Phi) is 6.41. The third-order valence-electron chi connectivity index (χ3n) is 7.24. The molecule has 0 unspecified atom stereocenters. The van der Waals surface area contributed by atoms with Gasteiger partial charge in [-0.15, -0.1) is 0 Å². The van der Waals surface area contributed by atoms with E-state index in [0.29, 0.717) is 39.9 Å². The van der Waals surface area contributed by atoms with E-state index in [-0.39, 0.29) is 17.3 Å². The zero-order chi connectivity index (χ0) is 29.9. The molecule has 0 radical (unpaired) electrons. The first-order valence-electron chi connectivity index (χ1n) is 12.9. The van der Waals surface area contributed by atoms with Crippen molar-refractivity contribution in [2.24, 2.45) is 5.41 Å². The highest BCUT2D eigenvalue weighted by molar-refractivity contribution is 7.92. The molecule has 12 heteroatoms. The number of nitrogens with one attached hydrogen (secondary N) is 1. The largest absolute Gasteiger partial charge is 0.472 e. The Bertz CT molecular complexity index is 1940. The number of para-hydroxylation sites is 1. The SMILES string of the molecule is CC1(C)Cc2cccc(-c3ccc(C(F)(F)F)cc3)c2N(S(=O)(=O)c2ccc(-c3noc(=O)[nH]3)c(-c3ccoc3)c2)C1. The van der Waals surface area contributed by atoms with E-state index < -0.39 is 32.9 Å². The second-order valence-electron chi connectivity index (χ2n) is 10.9. The zero-order valence-electron chi connectivity index (χ0n) is 22.4. The number of alkyl halides is 3. The van der Waals surface area contributed by atoms with Gasteiger partial charge in [0.25, 0.3) is 10.0 Å². The lowest BCUT2D eigenvalue weighted by molar-refractivity contribution is -0.137. The predicted octanol–water partition coefficient (Wildman–Crippen LogP) is 6.75. The van der Waals surface area contributed by atoms with Gasteiger partial charge in [0.2, 0.25) is 0 Å². The molecule has 216 valence electrons. The van der Waals surface area contributed by atoms with Gasteiger partial charge in [0.05, 0.1) is 28.7 Å². The minimum atomic E-state index is -4.49. The van der Waals surface area contributed by atoms with Crippen molar-refractivity contribution in [2.45, 2.75) is 31.3 Å². The Balaban J connectivity index is 1.51. The van der Waals surface area contributed by atoms with Crippen LogP contribution in [0.1, 0.15) is 25.0 Å². The van der Waals surface area contributed by atoms with Crippen molar-refractivity contribution in [1.82, 2.24) is 10.1 Å². The molecular formula is C30H24F3N3O5S. The highest BCUT2D eigenvalue weighted by Crippen LogP contribution is 2.45. The molecule has 1 N–H and O–H groups in total. The molecule has 2 aromatic heterocycles. The van der Waals surface area contributed by atoms with Gasteiger partial charge in [0, 0.05) is 23.2 Å². The first-order chi connectivity index (χ1) is 19.8. The standard InChI is InChI=1S/C30H24F3N3O5S/c1-29(2)15-19-4-3-5-23(18-6-8-21(9-7-18)30(31,32)33)26(19)36(17-29)42(38,39)22-10-11-24(27-34-28(37)41-35-27)25(14-22)20-12-13-40-16-20/h3-14,16H,15,17H2,1-2H3,(H,34,35,37). The molecule has 3 heterocycles. The van der Waals surface area contributed by atoms with Crippen molar-refractivity contribution in [3.8, 4) is 33.6 Å². The van der Waals surface area contributed by atoms with Gasteiger partial charge in [-0.3, -0.25) is 13.8 Å². The number of furan rings is 1. The van der Waals surface area contributed by atoms with Gasteiger partial charge in [-0.1, -0.05) is 49.3 Å². The van der Waals surface area contributed by atoms with Gasteiger partial charge >= 0.3 is 11.9 Å². The number of hydrogen-bond acceptors (Lipinski definition) is 6. The molecule has 1 aliphatic rings. The molecule has 0 aliphatic carbocycles. The van der Waals surface area contributed by atoms with E-state index in [0.717, 1.165) is 17.7 Å². The second-order valence-corrected chi connectivity index (χ2v) is 12.8. The van der Waals surface area contributed by atoms with Crippen molar-refractivity contribution < 1.29 is 30.5 Å². The number of aromatic amines is 1. The van der Waals surface area contributed by atoms with Crippen molar-refractivity contribution in [2.75, 3.05) is 10.8 Å². The number of halogens is 3. The molecule has 42 heavy (non-hydrogen) atoms. The fraction of sp³-hybridized carbons (Fsp3) is 0.200. The Labute approximate surface area is 238 Å². The van der Waals surface area contributed by atoms with Crippen LogP contribution in [0.15, 0.2) is 97.9 Å². The summed E-state index contributed by atoms with van der Waals surface area (Å²) in [5, 5.41) is 3.75. The Morgan fingerprint density at radius 2 is 1.71 bits per heavy atom. The highest BCUT2D eigenvalue weighted by Gasteiger charge is 2.39. The second kappa shape index (κ2) is 9.76. The monoisotopic (exact) mass is 595 g/mol. The molecule has 0 saturated carbocycles. The summed E-state index contributed by atoms with van der Waals surface area (Å²) in [6, 6.07) is 16.1. The normalized spacial score (nSPS) is 15.0. The van der Waals surface area contributed by atoms with Gasteiger partial charge < -0.3 is 4.42 Å². The van der Waals surface area contributed by atoms with Crippen LogP contribution < -0.4 is 10.1 Å². The summed E-state index contributed by atoms with van der Waals surface area (Å²) in [6.45, 7) is 4.06. The van der Waals surface area contributed by atoms with Crippen LogP contribution in [-0.4, -0.2) is 25.1 Å². The molecule has 0 saturated heterocycles. The quantitative estimate of drug-likeness (QED) is 0.241. The number of anilines is 1. The van der Waals surface area contributed by atoms with Crippen molar-refractivity contribution in [3.63, 3.8) is 0 Å². The molecule has 0 spiro atoms. The first-order valence-corrected chi connectivity index (χ1v) is 14.3. The molecule has 5 aromatic rings.